The molecule has 0 bridgehead atoms. The predicted octanol–water partition coefficient (Wildman–Crippen LogP) is 1.15. The van der Waals surface area contributed by atoms with Crippen LogP contribution in [0.1, 0.15) is 18.9 Å². The van der Waals surface area contributed by atoms with Crippen LogP contribution in [0, 0.1) is 5.92 Å². The summed E-state index contributed by atoms with van der Waals surface area (Å²) in [6.45, 7) is 3.95. The van der Waals surface area contributed by atoms with E-state index in [-0.39, 0.29) is 30.0 Å². The highest BCUT2D eigenvalue weighted by Crippen LogP contribution is 2.28. The Kier molecular flexibility index (Phi) is 7.02. The summed E-state index contributed by atoms with van der Waals surface area (Å²) in [4.78, 5) is 14.8. The molecule has 8 nitrogen and oxygen atoms in total. The molecule has 0 N–H and O–H groups in total. The first kappa shape index (κ1) is 21.9. The molecule has 2 aliphatic rings. The molecule has 1 aromatic rings. The van der Waals surface area contributed by atoms with Crippen LogP contribution in [0.4, 0.5) is 0 Å². The molecule has 0 spiro atoms. The fraction of sp³-hybridized carbons (Fsp3) is 0.650. The number of carbonyl (C=O) groups excluding carboxylic acids is 1. The summed E-state index contributed by atoms with van der Waals surface area (Å²) >= 11 is 0. The minimum Gasteiger partial charge on any atom is -0.497 e. The average molecular weight is 427 g/mol. The monoisotopic (exact) mass is 426 g/mol. The zero-order valence-corrected chi connectivity index (χ0v) is 18.1. The van der Waals surface area contributed by atoms with Crippen molar-refractivity contribution in [3.05, 3.63) is 23.8 Å². The van der Waals surface area contributed by atoms with E-state index in [2.05, 4.69) is 0 Å². The fourth-order valence-electron chi connectivity index (χ4n) is 4.11. The summed E-state index contributed by atoms with van der Waals surface area (Å²) in [5.41, 5.74) is 0.820. The molecule has 2 heterocycles. The molecule has 0 aromatic heterocycles. The van der Waals surface area contributed by atoms with Crippen LogP contribution < -0.4 is 9.47 Å². The predicted molar refractivity (Wildman–Crippen MR) is 109 cm³/mol. The van der Waals surface area contributed by atoms with Gasteiger partial charge in [-0.1, -0.05) is 0 Å². The van der Waals surface area contributed by atoms with Gasteiger partial charge in [-0.05, 0) is 31.0 Å². The smallest absolute Gasteiger partial charge is 0.227 e. The third kappa shape index (κ3) is 5.02. The van der Waals surface area contributed by atoms with Gasteiger partial charge in [0.05, 0.1) is 39.6 Å². The Hall–Kier alpha value is -1.84. The van der Waals surface area contributed by atoms with E-state index in [4.69, 9.17) is 14.2 Å². The van der Waals surface area contributed by atoms with Crippen molar-refractivity contribution in [2.24, 2.45) is 5.92 Å². The number of ether oxygens (including phenoxy) is 3. The minimum atomic E-state index is -3.29. The highest BCUT2D eigenvalue weighted by molar-refractivity contribution is 7.89. The third-order valence-electron chi connectivity index (χ3n) is 5.69. The van der Waals surface area contributed by atoms with Gasteiger partial charge in [-0.25, -0.2) is 8.42 Å². The largest absolute Gasteiger partial charge is 0.497 e. The van der Waals surface area contributed by atoms with Gasteiger partial charge in [0.15, 0.2) is 0 Å². The van der Waals surface area contributed by atoms with Crippen LogP contribution in [-0.4, -0.2) is 82.4 Å². The Balaban J connectivity index is 1.70. The fourth-order valence-corrected chi connectivity index (χ4v) is 5.48. The zero-order chi connectivity index (χ0) is 21.0. The number of amides is 1. The lowest BCUT2D eigenvalue weighted by molar-refractivity contribution is -0.133. The van der Waals surface area contributed by atoms with Gasteiger partial charge in [-0.3, -0.25) is 4.79 Å². The molecular weight excluding hydrogens is 396 g/mol. The molecule has 2 unspecified atom stereocenters. The van der Waals surface area contributed by atoms with Crippen molar-refractivity contribution in [2.45, 2.75) is 25.8 Å². The maximum Gasteiger partial charge on any atom is 0.227 e. The van der Waals surface area contributed by atoms with E-state index in [1.165, 1.54) is 0 Å². The second-order valence-electron chi connectivity index (χ2n) is 7.44. The highest BCUT2D eigenvalue weighted by Gasteiger charge is 2.40. The van der Waals surface area contributed by atoms with Crippen LogP contribution in [0.5, 0.6) is 11.5 Å². The van der Waals surface area contributed by atoms with Crippen molar-refractivity contribution in [3.63, 3.8) is 0 Å². The first-order chi connectivity index (χ1) is 13.9. The van der Waals surface area contributed by atoms with Crippen molar-refractivity contribution < 1.29 is 27.4 Å². The van der Waals surface area contributed by atoms with Crippen LogP contribution in [0.3, 0.4) is 0 Å². The number of nitrogens with zero attached hydrogens (tertiary/aromatic N) is 2. The van der Waals surface area contributed by atoms with Crippen molar-refractivity contribution in [3.8, 4) is 11.5 Å². The Morgan fingerprint density at radius 2 is 1.86 bits per heavy atom. The summed E-state index contributed by atoms with van der Waals surface area (Å²) < 4.78 is 42.8. The van der Waals surface area contributed by atoms with E-state index in [0.29, 0.717) is 50.8 Å². The van der Waals surface area contributed by atoms with Crippen LogP contribution >= 0.6 is 0 Å². The number of sulfonamides is 1. The number of hydrogen-bond acceptors (Lipinski definition) is 6. The van der Waals surface area contributed by atoms with Gasteiger partial charge in [-0.15, -0.1) is 0 Å². The van der Waals surface area contributed by atoms with Gasteiger partial charge in [-0.2, -0.15) is 4.31 Å². The summed E-state index contributed by atoms with van der Waals surface area (Å²) in [7, 11) is -0.141. The third-order valence-corrected chi connectivity index (χ3v) is 7.59. The summed E-state index contributed by atoms with van der Waals surface area (Å²) in [6, 6.07) is 5.32. The summed E-state index contributed by atoms with van der Waals surface area (Å²) in [6.07, 6.45) is 0.864. The van der Waals surface area contributed by atoms with E-state index >= 15 is 0 Å². The highest BCUT2D eigenvalue weighted by atomic mass is 32.2. The number of carbonyl (C=O) groups is 1. The maximum absolute atomic E-state index is 12.9. The Labute approximate surface area is 172 Å². The van der Waals surface area contributed by atoms with Crippen LogP contribution in [0.25, 0.3) is 0 Å². The second kappa shape index (κ2) is 9.32. The number of fused-ring (bicyclic) bond motifs is 1. The molecule has 1 amide bonds. The standard InChI is InChI=1S/C20H30N2O6S/c1-4-29(24,25)22-7-8-28-14-16-13-21(6-5-19(16)22)20(23)11-15-9-17(26-2)12-18(10-15)27-3/h9-10,12,16,19H,4-8,11,13-14H2,1-3H3. The van der Waals surface area contributed by atoms with E-state index < -0.39 is 10.0 Å². The Bertz CT molecular complexity index is 806. The number of hydrogen-bond donors (Lipinski definition) is 0. The quantitative estimate of drug-likeness (QED) is 0.678. The maximum atomic E-state index is 12.9. The van der Waals surface area contributed by atoms with E-state index in [9.17, 15) is 13.2 Å². The molecule has 0 saturated carbocycles. The van der Waals surface area contributed by atoms with Gasteiger partial charge in [0.1, 0.15) is 11.5 Å². The zero-order valence-electron chi connectivity index (χ0n) is 17.3. The number of rotatable bonds is 6. The number of benzene rings is 1. The van der Waals surface area contributed by atoms with E-state index in [1.54, 1.807) is 31.5 Å². The molecule has 3 rings (SSSR count). The average Bonchev–Trinajstić information content (AvgIpc) is 2.95. The lowest BCUT2D eigenvalue weighted by Crippen LogP contribution is -2.54. The van der Waals surface area contributed by atoms with Crippen LogP contribution in [-0.2, 0) is 26.0 Å². The molecule has 1 aromatic carbocycles. The molecule has 2 saturated heterocycles. The molecule has 2 fully saturated rings. The molecule has 2 aliphatic heterocycles. The van der Waals surface area contributed by atoms with Crippen LogP contribution in [0.15, 0.2) is 18.2 Å². The lowest BCUT2D eigenvalue weighted by Gasteiger charge is -2.41. The van der Waals surface area contributed by atoms with Crippen LogP contribution in [0.2, 0.25) is 0 Å². The first-order valence-corrected chi connectivity index (χ1v) is 11.6. The van der Waals surface area contributed by atoms with Crippen molar-refractivity contribution in [2.75, 3.05) is 52.8 Å². The molecule has 0 radical (unpaired) electrons. The normalized spacial score (nSPS) is 23.2. The number of methoxy groups -OCH3 is 2. The van der Waals surface area contributed by atoms with Crippen molar-refractivity contribution in [1.29, 1.82) is 0 Å². The lowest BCUT2D eigenvalue weighted by atomic mass is 9.92. The minimum absolute atomic E-state index is 0.00732. The summed E-state index contributed by atoms with van der Waals surface area (Å²) in [5, 5.41) is 0. The van der Waals surface area contributed by atoms with Gasteiger partial charge >= 0.3 is 0 Å². The van der Waals surface area contributed by atoms with Crippen molar-refractivity contribution in [1.82, 2.24) is 9.21 Å². The van der Waals surface area contributed by atoms with Crippen molar-refractivity contribution >= 4 is 15.9 Å². The van der Waals surface area contributed by atoms with Gasteiger partial charge < -0.3 is 19.1 Å². The Morgan fingerprint density at radius 3 is 2.48 bits per heavy atom. The molecule has 0 aliphatic carbocycles. The van der Waals surface area contributed by atoms with E-state index in [1.807, 2.05) is 17.0 Å². The molecule has 2 atom stereocenters. The topological polar surface area (TPSA) is 85.4 Å². The summed E-state index contributed by atoms with van der Waals surface area (Å²) in [5.74, 6) is 1.35. The molecule has 29 heavy (non-hydrogen) atoms. The molecule has 9 heteroatoms. The number of likely N-dealkylation sites (tertiary alicyclic amines) is 1. The SMILES string of the molecule is CCS(=O)(=O)N1CCOCC2CN(C(=O)Cc3cc(OC)cc(OC)c3)CCC21. The first-order valence-electron chi connectivity index (χ1n) is 9.95. The van der Waals surface area contributed by atoms with Gasteiger partial charge in [0, 0.05) is 37.7 Å². The van der Waals surface area contributed by atoms with E-state index in [0.717, 1.165) is 5.56 Å². The number of piperidine rings is 1. The van der Waals surface area contributed by atoms with Gasteiger partial charge in [0.25, 0.3) is 0 Å². The molecule has 162 valence electrons. The Morgan fingerprint density at radius 1 is 1.17 bits per heavy atom. The van der Waals surface area contributed by atoms with Gasteiger partial charge in [0.2, 0.25) is 15.9 Å². The molecular formula is C20H30N2O6S. The second-order valence-corrected chi connectivity index (χ2v) is 9.65.